The summed E-state index contributed by atoms with van der Waals surface area (Å²) in [5, 5.41) is 20.5. The van der Waals surface area contributed by atoms with Gasteiger partial charge < -0.3 is 14.9 Å². The summed E-state index contributed by atoms with van der Waals surface area (Å²) in [4.78, 5) is 11.8. The van der Waals surface area contributed by atoms with Crippen LogP contribution < -0.4 is 0 Å². The van der Waals surface area contributed by atoms with Gasteiger partial charge in [-0.2, -0.15) is 11.8 Å². The minimum absolute atomic E-state index is 0.0507. The van der Waals surface area contributed by atoms with E-state index in [1.54, 1.807) is 11.8 Å². The van der Waals surface area contributed by atoms with Gasteiger partial charge in [-0.15, -0.1) is 0 Å². The molecule has 0 saturated carbocycles. The lowest BCUT2D eigenvalue weighted by Gasteiger charge is -2.47. The highest BCUT2D eigenvalue weighted by molar-refractivity contribution is 7.99. The van der Waals surface area contributed by atoms with Crippen molar-refractivity contribution < 1.29 is 19.7 Å². The zero-order chi connectivity index (χ0) is 12.1. The van der Waals surface area contributed by atoms with Gasteiger partial charge in [-0.05, 0) is 43.6 Å². The van der Waals surface area contributed by atoms with Crippen LogP contribution in [0, 0.1) is 5.41 Å². The molecule has 2 N–H and O–H groups in total. The van der Waals surface area contributed by atoms with E-state index >= 15 is 0 Å². The number of carbonyl (C=O) groups is 1. The Morgan fingerprint density at radius 3 is 2.47 bits per heavy atom. The average molecular weight is 258 g/mol. The van der Waals surface area contributed by atoms with Crippen molar-refractivity contribution in [2.75, 3.05) is 11.5 Å². The van der Waals surface area contributed by atoms with Gasteiger partial charge in [-0.25, -0.2) is 0 Å². The first-order valence-electron chi connectivity index (χ1n) is 6.27. The Balaban J connectivity index is 1.97. The van der Waals surface area contributed by atoms with Crippen molar-refractivity contribution in [3.05, 3.63) is 0 Å². The largest absolute Gasteiger partial charge is 0.481 e. The summed E-state index contributed by atoms with van der Waals surface area (Å²) >= 11 is 1.79. The van der Waals surface area contributed by atoms with E-state index < -0.39 is 17.0 Å². The van der Waals surface area contributed by atoms with Crippen LogP contribution in [-0.4, -0.2) is 45.5 Å². The van der Waals surface area contributed by atoms with Crippen molar-refractivity contribution in [3.8, 4) is 0 Å². The molecule has 0 aromatic rings. The summed E-state index contributed by atoms with van der Waals surface area (Å²) < 4.78 is 5.72. The molecule has 3 fully saturated rings. The molecule has 3 unspecified atom stereocenters. The molecule has 96 valence electrons. The Hall–Kier alpha value is -0.260. The summed E-state index contributed by atoms with van der Waals surface area (Å²) in [6.45, 7) is 0. The van der Waals surface area contributed by atoms with Crippen molar-refractivity contribution >= 4 is 17.7 Å². The third kappa shape index (κ3) is 1.48. The standard InChI is InChI=1S/C12H18O4S/c13-10(14)12(7-8-1-2-9(12)16-8)11(15)3-5-17-6-4-11/h8-9,15H,1-7H2,(H,13,14). The lowest BCUT2D eigenvalue weighted by molar-refractivity contribution is -0.180. The highest BCUT2D eigenvalue weighted by atomic mass is 32.2. The van der Waals surface area contributed by atoms with Gasteiger partial charge in [0, 0.05) is 0 Å². The van der Waals surface area contributed by atoms with Crippen LogP contribution in [0.2, 0.25) is 0 Å². The Kier molecular flexibility index (Phi) is 2.69. The normalized spacial score (nSPS) is 43.8. The predicted molar refractivity (Wildman–Crippen MR) is 64.1 cm³/mol. The monoisotopic (exact) mass is 258 g/mol. The van der Waals surface area contributed by atoms with Crippen LogP contribution in [0.15, 0.2) is 0 Å². The number of fused-ring (bicyclic) bond motifs is 2. The maximum absolute atomic E-state index is 11.8. The molecule has 0 radical (unpaired) electrons. The first kappa shape index (κ1) is 11.8. The van der Waals surface area contributed by atoms with Crippen molar-refractivity contribution in [1.29, 1.82) is 0 Å². The number of hydrogen-bond acceptors (Lipinski definition) is 4. The lowest BCUT2D eigenvalue weighted by Crippen LogP contribution is -2.59. The molecule has 3 atom stereocenters. The lowest BCUT2D eigenvalue weighted by atomic mass is 9.61. The van der Waals surface area contributed by atoms with E-state index in [9.17, 15) is 15.0 Å². The van der Waals surface area contributed by atoms with Crippen LogP contribution in [0.5, 0.6) is 0 Å². The molecule has 3 saturated heterocycles. The van der Waals surface area contributed by atoms with Crippen molar-refractivity contribution in [1.82, 2.24) is 0 Å². The third-order valence-corrected chi connectivity index (χ3v) is 5.72. The van der Waals surface area contributed by atoms with Crippen molar-refractivity contribution in [2.45, 2.75) is 49.9 Å². The van der Waals surface area contributed by atoms with Gasteiger partial charge in [0.2, 0.25) is 0 Å². The molecule has 5 heteroatoms. The van der Waals surface area contributed by atoms with Gasteiger partial charge in [-0.1, -0.05) is 0 Å². The maximum atomic E-state index is 11.8. The third-order valence-electron chi connectivity index (χ3n) is 4.74. The van der Waals surface area contributed by atoms with Crippen LogP contribution in [0.25, 0.3) is 0 Å². The van der Waals surface area contributed by atoms with Gasteiger partial charge in [0.15, 0.2) is 0 Å². The summed E-state index contributed by atoms with van der Waals surface area (Å²) in [6, 6.07) is 0. The molecule has 3 aliphatic rings. The highest BCUT2D eigenvalue weighted by Crippen LogP contribution is 2.57. The number of carboxylic acids is 1. The van der Waals surface area contributed by atoms with E-state index in [2.05, 4.69) is 0 Å². The van der Waals surface area contributed by atoms with E-state index in [-0.39, 0.29) is 12.2 Å². The van der Waals surface area contributed by atoms with Crippen LogP contribution in [0.1, 0.15) is 32.1 Å². The molecule has 3 rings (SSSR count). The highest BCUT2D eigenvalue weighted by Gasteiger charge is 2.67. The molecule has 3 heterocycles. The van der Waals surface area contributed by atoms with Crippen LogP contribution >= 0.6 is 11.8 Å². The molecule has 4 nitrogen and oxygen atoms in total. The fourth-order valence-corrected chi connectivity index (χ4v) is 4.95. The second-order valence-electron chi connectivity index (χ2n) is 5.45. The molecule has 0 aromatic heterocycles. The molecule has 0 aliphatic carbocycles. The second kappa shape index (κ2) is 3.87. The van der Waals surface area contributed by atoms with Gasteiger partial charge in [0.25, 0.3) is 0 Å². The molecule has 2 bridgehead atoms. The van der Waals surface area contributed by atoms with Gasteiger partial charge in [0.05, 0.1) is 17.8 Å². The quantitative estimate of drug-likeness (QED) is 0.780. The predicted octanol–water partition coefficient (Wildman–Crippen LogP) is 1.27. The zero-order valence-electron chi connectivity index (χ0n) is 9.72. The summed E-state index contributed by atoms with van der Waals surface area (Å²) in [6.07, 6.45) is 3.16. The minimum atomic E-state index is -1.07. The Bertz CT molecular complexity index is 339. The van der Waals surface area contributed by atoms with E-state index in [4.69, 9.17) is 4.74 Å². The average Bonchev–Trinajstić information content (AvgIpc) is 2.90. The van der Waals surface area contributed by atoms with E-state index in [0.717, 1.165) is 24.3 Å². The number of thioether (sulfide) groups is 1. The van der Waals surface area contributed by atoms with Crippen LogP contribution in [0.3, 0.4) is 0 Å². The fourth-order valence-electron chi connectivity index (χ4n) is 3.78. The van der Waals surface area contributed by atoms with Gasteiger partial charge >= 0.3 is 5.97 Å². The zero-order valence-corrected chi connectivity index (χ0v) is 10.5. The molecule has 3 aliphatic heterocycles. The van der Waals surface area contributed by atoms with E-state index in [1.807, 2.05) is 0 Å². The molecular formula is C12H18O4S. The first-order chi connectivity index (χ1) is 8.08. The molecular weight excluding hydrogens is 240 g/mol. The van der Waals surface area contributed by atoms with Crippen molar-refractivity contribution in [3.63, 3.8) is 0 Å². The van der Waals surface area contributed by atoms with Crippen LogP contribution in [0.4, 0.5) is 0 Å². The number of rotatable bonds is 2. The number of carboxylic acid groups (broad SMARTS) is 1. The summed E-state index contributed by atoms with van der Waals surface area (Å²) in [5.74, 6) is 0.838. The summed E-state index contributed by atoms with van der Waals surface area (Å²) in [7, 11) is 0. The molecule has 17 heavy (non-hydrogen) atoms. The minimum Gasteiger partial charge on any atom is -0.481 e. The van der Waals surface area contributed by atoms with E-state index in [0.29, 0.717) is 19.3 Å². The number of ether oxygens (including phenoxy) is 1. The summed E-state index contributed by atoms with van der Waals surface area (Å²) in [5.41, 5.74) is -2.11. The molecule has 0 amide bonds. The Morgan fingerprint density at radius 2 is 2.00 bits per heavy atom. The molecule has 0 spiro atoms. The second-order valence-corrected chi connectivity index (χ2v) is 6.67. The maximum Gasteiger partial charge on any atom is 0.315 e. The van der Waals surface area contributed by atoms with Gasteiger partial charge in [-0.3, -0.25) is 4.79 Å². The first-order valence-corrected chi connectivity index (χ1v) is 7.43. The smallest absolute Gasteiger partial charge is 0.315 e. The number of hydrogen-bond donors (Lipinski definition) is 2. The number of aliphatic carboxylic acids is 1. The Morgan fingerprint density at radius 1 is 1.29 bits per heavy atom. The van der Waals surface area contributed by atoms with Crippen LogP contribution in [-0.2, 0) is 9.53 Å². The molecule has 0 aromatic carbocycles. The van der Waals surface area contributed by atoms with Crippen molar-refractivity contribution in [2.24, 2.45) is 5.41 Å². The van der Waals surface area contributed by atoms with Gasteiger partial charge in [0.1, 0.15) is 5.41 Å². The fraction of sp³-hybridized carbons (Fsp3) is 0.917. The topological polar surface area (TPSA) is 66.8 Å². The Labute approximate surface area is 105 Å². The van der Waals surface area contributed by atoms with E-state index in [1.165, 1.54) is 0 Å². The SMILES string of the molecule is O=C(O)C1(C2(O)CCSCC2)CC2CCC1O2. The number of aliphatic hydroxyl groups is 1.